The van der Waals surface area contributed by atoms with E-state index in [2.05, 4.69) is 29.5 Å². The Hall–Kier alpha value is -0.960. The Balaban J connectivity index is 0.00000338. The molecule has 0 radical (unpaired) electrons. The van der Waals surface area contributed by atoms with Crippen molar-refractivity contribution in [3.63, 3.8) is 0 Å². The van der Waals surface area contributed by atoms with Crippen LogP contribution in [0.25, 0.3) is 0 Å². The molecule has 4 nitrogen and oxygen atoms in total. The SMILES string of the molecule is CCOC(CCNC(=NC)NC1CC1c1c(F)cccc1F)C(C)C.I. The quantitative estimate of drug-likeness (QED) is 0.335. The first-order chi connectivity index (χ1) is 12.0. The van der Waals surface area contributed by atoms with Crippen LogP contribution >= 0.6 is 24.0 Å². The molecular weight excluding hydrogens is 451 g/mol. The van der Waals surface area contributed by atoms with Crippen LogP contribution in [0, 0.1) is 17.6 Å². The monoisotopic (exact) mass is 481 g/mol. The van der Waals surface area contributed by atoms with E-state index in [4.69, 9.17) is 4.74 Å². The van der Waals surface area contributed by atoms with Gasteiger partial charge in [-0.1, -0.05) is 19.9 Å². The molecule has 0 aliphatic heterocycles. The molecule has 1 aliphatic rings. The van der Waals surface area contributed by atoms with Gasteiger partial charge in [0.1, 0.15) is 11.6 Å². The summed E-state index contributed by atoms with van der Waals surface area (Å²) in [6.45, 7) is 7.72. The number of benzene rings is 1. The van der Waals surface area contributed by atoms with Gasteiger partial charge in [0.2, 0.25) is 0 Å². The second kappa shape index (κ2) is 11.0. The molecule has 1 saturated carbocycles. The summed E-state index contributed by atoms with van der Waals surface area (Å²) in [6, 6.07) is 4.01. The zero-order valence-electron chi connectivity index (χ0n) is 15.9. The third kappa shape index (κ3) is 6.33. The lowest BCUT2D eigenvalue weighted by Gasteiger charge is -2.21. The van der Waals surface area contributed by atoms with Crippen molar-refractivity contribution >= 4 is 29.9 Å². The highest BCUT2D eigenvalue weighted by Gasteiger charge is 2.42. The van der Waals surface area contributed by atoms with Gasteiger partial charge in [0, 0.05) is 37.7 Å². The first kappa shape index (κ1) is 23.1. The number of guanidine groups is 1. The van der Waals surface area contributed by atoms with Gasteiger partial charge in [-0.2, -0.15) is 0 Å². The lowest BCUT2D eigenvalue weighted by Crippen LogP contribution is -2.40. The lowest BCUT2D eigenvalue weighted by molar-refractivity contribution is 0.0258. The van der Waals surface area contributed by atoms with Gasteiger partial charge in [-0.15, -0.1) is 24.0 Å². The molecule has 26 heavy (non-hydrogen) atoms. The lowest BCUT2D eigenvalue weighted by atomic mass is 10.0. The minimum Gasteiger partial charge on any atom is -0.378 e. The summed E-state index contributed by atoms with van der Waals surface area (Å²) in [7, 11) is 1.69. The largest absolute Gasteiger partial charge is 0.378 e. The van der Waals surface area contributed by atoms with Crippen LogP contribution in [0.1, 0.15) is 45.1 Å². The maximum absolute atomic E-state index is 13.8. The van der Waals surface area contributed by atoms with Crippen molar-refractivity contribution in [1.29, 1.82) is 0 Å². The van der Waals surface area contributed by atoms with Crippen LogP contribution in [0.3, 0.4) is 0 Å². The number of rotatable bonds is 8. The second-order valence-electron chi connectivity index (χ2n) is 6.75. The average molecular weight is 481 g/mol. The Kier molecular flexibility index (Phi) is 9.78. The topological polar surface area (TPSA) is 45.6 Å². The van der Waals surface area contributed by atoms with Crippen LogP contribution < -0.4 is 10.6 Å². The number of nitrogens with zero attached hydrogens (tertiary/aromatic N) is 1. The normalized spacial score (nSPS) is 20.5. The van der Waals surface area contributed by atoms with Crippen LogP contribution in [-0.4, -0.2) is 38.3 Å². The molecule has 1 fully saturated rings. The van der Waals surface area contributed by atoms with Crippen LogP contribution in [0.15, 0.2) is 23.2 Å². The Morgan fingerprint density at radius 2 is 1.96 bits per heavy atom. The highest BCUT2D eigenvalue weighted by molar-refractivity contribution is 14.0. The first-order valence-corrected chi connectivity index (χ1v) is 9.00. The van der Waals surface area contributed by atoms with Gasteiger partial charge in [0.05, 0.1) is 6.10 Å². The molecule has 0 spiro atoms. The van der Waals surface area contributed by atoms with Gasteiger partial charge in [0.25, 0.3) is 0 Å². The maximum Gasteiger partial charge on any atom is 0.191 e. The van der Waals surface area contributed by atoms with E-state index in [1.54, 1.807) is 7.05 Å². The molecule has 2 rings (SSSR count). The van der Waals surface area contributed by atoms with Crippen LogP contribution in [-0.2, 0) is 4.74 Å². The van der Waals surface area contributed by atoms with E-state index in [0.717, 1.165) is 13.0 Å². The molecular formula is C19H30F2IN3O. The minimum absolute atomic E-state index is 0. The van der Waals surface area contributed by atoms with Crippen LogP contribution in [0.5, 0.6) is 0 Å². The van der Waals surface area contributed by atoms with E-state index in [0.29, 0.717) is 24.9 Å². The predicted octanol–water partition coefficient (Wildman–Crippen LogP) is 4.05. The van der Waals surface area contributed by atoms with Crippen molar-refractivity contribution in [1.82, 2.24) is 10.6 Å². The Bertz CT molecular complexity index is 578. The molecule has 3 atom stereocenters. The third-order valence-corrected chi connectivity index (χ3v) is 4.55. The zero-order valence-corrected chi connectivity index (χ0v) is 18.2. The molecule has 1 aliphatic carbocycles. The molecule has 1 aromatic carbocycles. The first-order valence-electron chi connectivity index (χ1n) is 9.00. The van der Waals surface area contributed by atoms with Crippen LogP contribution in [0.4, 0.5) is 8.78 Å². The highest BCUT2D eigenvalue weighted by atomic mass is 127. The number of ether oxygens (including phenoxy) is 1. The molecule has 0 aromatic heterocycles. The minimum atomic E-state index is -0.478. The summed E-state index contributed by atoms with van der Waals surface area (Å²) in [6.07, 6.45) is 1.78. The van der Waals surface area contributed by atoms with Gasteiger partial charge in [0.15, 0.2) is 5.96 Å². The van der Waals surface area contributed by atoms with E-state index in [1.807, 2.05) is 6.92 Å². The van der Waals surface area contributed by atoms with Gasteiger partial charge in [-0.05, 0) is 37.8 Å². The molecule has 0 heterocycles. The van der Waals surface area contributed by atoms with Crippen molar-refractivity contribution in [3.05, 3.63) is 35.4 Å². The van der Waals surface area contributed by atoms with Gasteiger partial charge < -0.3 is 15.4 Å². The fourth-order valence-corrected chi connectivity index (χ4v) is 3.06. The Labute approximate surface area is 172 Å². The fourth-order valence-electron chi connectivity index (χ4n) is 3.06. The number of hydrogen-bond donors (Lipinski definition) is 2. The number of hydrogen-bond acceptors (Lipinski definition) is 2. The highest BCUT2D eigenvalue weighted by Crippen LogP contribution is 2.42. The predicted molar refractivity (Wildman–Crippen MR) is 112 cm³/mol. The zero-order chi connectivity index (χ0) is 18.4. The van der Waals surface area contributed by atoms with Crippen LogP contribution in [0.2, 0.25) is 0 Å². The third-order valence-electron chi connectivity index (χ3n) is 4.55. The van der Waals surface area contributed by atoms with Crippen molar-refractivity contribution in [2.45, 2.75) is 51.7 Å². The fraction of sp³-hybridized carbons (Fsp3) is 0.632. The smallest absolute Gasteiger partial charge is 0.191 e. The summed E-state index contributed by atoms with van der Waals surface area (Å²) in [5.41, 5.74) is 0.173. The van der Waals surface area contributed by atoms with E-state index in [9.17, 15) is 8.78 Å². The number of nitrogens with one attached hydrogen (secondary N) is 2. The summed E-state index contributed by atoms with van der Waals surface area (Å²) in [5.74, 6) is 0.00544. The molecule has 3 unspecified atom stereocenters. The molecule has 148 valence electrons. The van der Waals surface area contributed by atoms with E-state index < -0.39 is 11.6 Å². The van der Waals surface area contributed by atoms with Crippen molar-refractivity contribution in [3.8, 4) is 0 Å². The van der Waals surface area contributed by atoms with E-state index >= 15 is 0 Å². The summed E-state index contributed by atoms with van der Waals surface area (Å²) < 4.78 is 33.4. The standard InChI is InChI=1S/C19H29F2N3O.HI/c1-5-25-17(12(2)3)9-10-23-19(22-4)24-16-11-13(16)18-14(20)7-6-8-15(18)21;/h6-8,12-13,16-17H,5,9-11H2,1-4H3,(H2,22,23,24);1H. The molecule has 2 N–H and O–H groups in total. The molecule has 0 bridgehead atoms. The van der Waals surface area contributed by atoms with Gasteiger partial charge >= 0.3 is 0 Å². The van der Waals surface area contributed by atoms with Gasteiger partial charge in [-0.25, -0.2) is 8.78 Å². The number of halogens is 3. The summed E-state index contributed by atoms with van der Waals surface area (Å²) >= 11 is 0. The summed E-state index contributed by atoms with van der Waals surface area (Å²) in [4.78, 5) is 4.19. The second-order valence-corrected chi connectivity index (χ2v) is 6.75. The molecule has 0 amide bonds. The Morgan fingerprint density at radius 3 is 2.50 bits per heavy atom. The molecule has 1 aromatic rings. The van der Waals surface area contributed by atoms with Crippen molar-refractivity contribution in [2.75, 3.05) is 20.2 Å². The average Bonchev–Trinajstić information content (AvgIpc) is 3.31. The maximum atomic E-state index is 13.8. The van der Waals surface area contributed by atoms with Gasteiger partial charge in [-0.3, -0.25) is 4.99 Å². The molecule has 0 saturated heterocycles. The van der Waals surface area contributed by atoms with E-state index in [-0.39, 0.29) is 47.6 Å². The summed E-state index contributed by atoms with van der Waals surface area (Å²) in [5, 5.41) is 6.50. The van der Waals surface area contributed by atoms with Crippen molar-refractivity contribution in [2.24, 2.45) is 10.9 Å². The van der Waals surface area contributed by atoms with Crippen molar-refractivity contribution < 1.29 is 13.5 Å². The van der Waals surface area contributed by atoms with E-state index in [1.165, 1.54) is 18.2 Å². The number of aliphatic imine (C=N–C) groups is 1. The molecule has 7 heteroatoms. The Morgan fingerprint density at radius 1 is 1.31 bits per heavy atom.